The molecule has 3 aromatic rings. The molecule has 0 bridgehead atoms. The number of ether oxygens (including phenoxy) is 1. The maximum absolute atomic E-state index is 6.03. The molecule has 1 unspecified atom stereocenters. The molecule has 5 nitrogen and oxygen atoms in total. The Morgan fingerprint density at radius 2 is 2.17 bits per heavy atom. The molecule has 1 aliphatic heterocycles. The molecule has 24 heavy (non-hydrogen) atoms. The van der Waals surface area contributed by atoms with Gasteiger partial charge < -0.3 is 9.64 Å². The van der Waals surface area contributed by atoms with Gasteiger partial charge in [0.05, 0.1) is 18.3 Å². The fourth-order valence-electron chi connectivity index (χ4n) is 3.00. The normalized spacial score (nSPS) is 17.4. The molecule has 4 rings (SSSR count). The number of aromatic nitrogens is 3. The predicted molar refractivity (Wildman–Crippen MR) is 94.6 cm³/mol. The molecule has 0 N–H and O–H groups in total. The van der Waals surface area contributed by atoms with Crippen molar-refractivity contribution in [1.82, 2.24) is 15.0 Å². The first-order valence-electron chi connectivity index (χ1n) is 7.98. The summed E-state index contributed by atoms with van der Waals surface area (Å²) < 4.78 is 5.72. The van der Waals surface area contributed by atoms with E-state index >= 15 is 0 Å². The molecule has 1 fully saturated rings. The van der Waals surface area contributed by atoms with Crippen molar-refractivity contribution in [3.05, 3.63) is 53.9 Å². The van der Waals surface area contributed by atoms with Gasteiger partial charge in [-0.1, -0.05) is 11.6 Å². The molecular weight excluding hydrogens is 324 g/mol. The largest absolute Gasteiger partial charge is 0.476 e. The highest BCUT2D eigenvalue weighted by molar-refractivity contribution is 6.31. The van der Waals surface area contributed by atoms with E-state index in [0.717, 1.165) is 41.3 Å². The second-order valence-corrected chi connectivity index (χ2v) is 6.40. The standard InChI is InChI=1S/C18H17ClN4O/c19-15-2-3-16-14(9-15)1-4-17(22-16)23-8-5-13(11-23)12-24-18-10-20-6-7-21-18/h1-4,6-7,9-10,13H,5,8,11-12H2. The monoisotopic (exact) mass is 340 g/mol. The molecular formula is C18H17ClN4O. The Hall–Kier alpha value is -2.40. The molecule has 122 valence electrons. The molecule has 0 saturated carbocycles. The molecule has 3 heterocycles. The number of benzene rings is 1. The molecule has 2 aromatic heterocycles. The van der Waals surface area contributed by atoms with Crippen molar-refractivity contribution < 1.29 is 4.74 Å². The van der Waals surface area contributed by atoms with Crippen molar-refractivity contribution in [3.63, 3.8) is 0 Å². The first-order valence-corrected chi connectivity index (χ1v) is 8.36. The van der Waals surface area contributed by atoms with Crippen LogP contribution in [0.5, 0.6) is 5.88 Å². The van der Waals surface area contributed by atoms with Crippen molar-refractivity contribution in [2.45, 2.75) is 6.42 Å². The van der Waals surface area contributed by atoms with Crippen molar-refractivity contribution in [2.75, 3.05) is 24.6 Å². The van der Waals surface area contributed by atoms with Crippen molar-refractivity contribution in [3.8, 4) is 5.88 Å². The van der Waals surface area contributed by atoms with E-state index in [2.05, 4.69) is 27.0 Å². The summed E-state index contributed by atoms with van der Waals surface area (Å²) in [6.45, 7) is 2.57. The van der Waals surface area contributed by atoms with Gasteiger partial charge in [0, 0.05) is 41.8 Å². The summed E-state index contributed by atoms with van der Waals surface area (Å²) in [4.78, 5) is 15.2. The van der Waals surface area contributed by atoms with Crippen LogP contribution >= 0.6 is 11.6 Å². The molecule has 6 heteroatoms. The van der Waals surface area contributed by atoms with Crippen molar-refractivity contribution in [1.29, 1.82) is 0 Å². The fourth-order valence-corrected chi connectivity index (χ4v) is 3.18. The number of fused-ring (bicyclic) bond motifs is 1. The quantitative estimate of drug-likeness (QED) is 0.726. The van der Waals surface area contributed by atoms with E-state index in [9.17, 15) is 0 Å². The summed E-state index contributed by atoms with van der Waals surface area (Å²) in [6.07, 6.45) is 6.01. The third-order valence-electron chi connectivity index (χ3n) is 4.25. The minimum Gasteiger partial charge on any atom is -0.476 e. The summed E-state index contributed by atoms with van der Waals surface area (Å²) in [5.74, 6) is 2.05. The van der Waals surface area contributed by atoms with Crippen LogP contribution < -0.4 is 9.64 Å². The topological polar surface area (TPSA) is 51.1 Å². The van der Waals surface area contributed by atoms with E-state index in [4.69, 9.17) is 21.3 Å². The lowest BCUT2D eigenvalue weighted by molar-refractivity contribution is 0.251. The smallest absolute Gasteiger partial charge is 0.232 e. The minimum atomic E-state index is 0.467. The molecule has 0 amide bonds. The van der Waals surface area contributed by atoms with E-state index in [-0.39, 0.29) is 0 Å². The van der Waals surface area contributed by atoms with E-state index in [0.29, 0.717) is 18.4 Å². The number of pyridine rings is 1. The van der Waals surface area contributed by atoms with Gasteiger partial charge in [-0.2, -0.15) is 0 Å². The van der Waals surface area contributed by atoms with Gasteiger partial charge in [0.25, 0.3) is 0 Å². The van der Waals surface area contributed by atoms with Gasteiger partial charge in [-0.15, -0.1) is 0 Å². The minimum absolute atomic E-state index is 0.467. The molecule has 1 aliphatic rings. The number of rotatable bonds is 4. The van der Waals surface area contributed by atoms with Crippen LogP contribution in [-0.2, 0) is 0 Å². The molecule has 1 saturated heterocycles. The number of nitrogens with zero attached hydrogens (tertiary/aromatic N) is 4. The highest BCUT2D eigenvalue weighted by atomic mass is 35.5. The van der Waals surface area contributed by atoms with Crippen LogP contribution in [0.15, 0.2) is 48.9 Å². The second kappa shape index (κ2) is 6.61. The van der Waals surface area contributed by atoms with Crippen LogP contribution in [0.25, 0.3) is 10.9 Å². The number of hydrogen-bond acceptors (Lipinski definition) is 5. The molecule has 0 spiro atoms. The van der Waals surface area contributed by atoms with Gasteiger partial charge in [0.1, 0.15) is 5.82 Å². The van der Waals surface area contributed by atoms with E-state index in [1.807, 2.05) is 18.2 Å². The number of halogens is 1. The molecule has 1 aromatic carbocycles. The van der Waals surface area contributed by atoms with Crippen LogP contribution in [0.1, 0.15) is 6.42 Å². The summed E-state index contributed by atoms with van der Waals surface area (Å²) >= 11 is 6.03. The van der Waals surface area contributed by atoms with E-state index < -0.39 is 0 Å². The lowest BCUT2D eigenvalue weighted by Gasteiger charge is -2.18. The maximum Gasteiger partial charge on any atom is 0.232 e. The Labute approximate surface area is 145 Å². The van der Waals surface area contributed by atoms with Crippen LogP contribution in [-0.4, -0.2) is 34.6 Å². The average Bonchev–Trinajstić information content (AvgIpc) is 3.09. The van der Waals surface area contributed by atoms with Gasteiger partial charge >= 0.3 is 0 Å². The highest BCUT2D eigenvalue weighted by Gasteiger charge is 2.24. The van der Waals surface area contributed by atoms with Gasteiger partial charge in [0.2, 0.25) is 5.88 Å². The lowest BCUT2D eigenvalue weighted by atomic mass is 10.1. The molecule has 1 atom stereocenters. The SMILES string of the molecule is Clc1ccc2nc(N3CCC(COc4cnccn4)C3)ccc2c1. The van der Waals surface area contributed by atoms with Gasteiger partial charge in [-0.25, -0.2) is 9.97 Å². The summed E-state index contributed by atoms with van der Waals surface area (Å²) in [6, 6.07) is 9.92. The van der Waals surface area contributed by atoms with Crippen LogP contribution in [0.4, 0.5) is 5.82 Å². The second-order valence-electron chi connectivity index (χ2n) is 5.96. The zero-order valence-corrected chi connectivity index (χ0v) is 13.9. The molecule has 0 aliphatic carbocycles. The van der Waals surface area contributed by atoms with Gasteiger partial charge in [-0.05, 0) is 36.8 Å². The summed E-state index contributed by atoms with van der Waals surface area (Å²) in [5, 5.41) is 1.80. The molecule has 0 radical (unpaired) electrons. The van der Waals surface area contributed by atoms with Gasteiger partial charge in [0.15, 0.2) is 0 Å². The number of anilines is 1. The van der Waals surface area contributed by atoms with Gasteiger partial charge in [-0.3, -0.25) is 4.98 Å². The Balaban J connectivity index is 1.42. The third-order valence-corrected chi connectivity index (χ3v) is 4.49. The summed E-state index contributed by atoms with van der Waals surface area (Å²) in [5.41, 5.74) is 0.969. The zero-order valence-electron chi connectivity index (χ0n) is 13.1. The first kappa shape index (κ1) is 15.1. The van der Waals surface area contributed by atoms with Crippen LogP contribution in [0.3, 0.4) is 0 Å². The van der Waals surface area contributed by atoms with Crippen LogP contribution in [0, 0.1) is 5.92 Å². The third kappa shape index (κ3) is 3.26. The fraction of sp³-hybridized carbons (Fsp3) is 0.278. The maximum atomic E-state index is 6.03. The Morgan fingerprint density at radius 3 is 3.04 bits per heavy atom. The summed E-state index contributed by atoms with van der Waals surface area (Å²) in [7, 11) is 0. The van der Waals surface area contributed by atoms with Crippen molar-refractivity contribution in [2.24, 2.45) is 5.92 Å². The van der Waals surface area contributed by atoms with Crippen molar-refractivity contribution >= 4 is 28.3 Å². The highest BCUT2D eigenvalue weighted by Crippen LogP contribution is 2.26. The Bertz CT molecular complexity index is 843. The lowest BCUT2D eigenvalue weighted by Crippen LogP contribution is -2.22. The van der Waals surface area contributed by atoms with E-state index in [1.165, 1.54) is 0 Å². The Morgan fingerprint density at radius 1 is 1.21 bits per heavy atom. The average molecular weight is 341 g/mol. The zero-order chi connectivity index (χ0) is 16.4. The first-order chi connectivity index (χ1) is 11.8. The van der Waals surface area contributed by atoms with Crippen LogP contribution in [0.2, 0.25) is 5.02 Å². The Kier molecular flexibility index (Phi) is 4.17. The van der Waals surface area contributed by atoms with E-state index in [1.54, 1.807) is 18.6 Å². The number of hydrogen-bond donors (Lipinski definition) is 0. The predicted octanol–water partition coefficient (Wildman–Crippen LogP) is 3.58.